The van der Waals surface area contributed by atoms with Crippen molar-refractivity contribution in [1.29, 1.82) is 0 Å². The minimum Gasteiger partial charge on any atom is -0.493 e. The maximum absolute atomic E-state index is 12.8. The van der Waals surface area contributed by atoms with Gasteiger partial charge in [-0.3, -0.25) is 0 Å². The van der Waals surface area contributed by atoms with Crippen LogP contribution in [-0.2, 0) is 10.2 Å². The number of hydrogen-bond acceptors (Lipinski definition) is 4. The fourth-order valence-electron chi connectivity index (χ4n) is 1.22. The number of aryl methyl sites for hydroxylation is 1. The van der Waals surface area contributed by atoms with Crippen molar-refractivity contribution in [2.75, 3.05) is 14.2 Å². The van der Waals surface area contributed by atoms with Crippen LogP contribution in [-0.4, -0.2) is 22.6 Å². The van der Waals surface area contributed by atoms with Crippen molar-refractivity contribution in [3.8, 4) is 11.5 Å². The molecule has 0 radical (unpaired) electrons. The first-order valence-corrected chi connectivity index (χ1v) is 5.45. The Morgan fingerprint density at radius 1 is 1.13 bits per heavy atom. The number of benzene rings is 1. The van der Waals surface area contributed by atoms with Crippen LogP contribution in [0.2, 0.25) is 0 Å². The first-order chi connectivity index (χ1) is 6.90. The third kappa shape index (κ3) is 2.38. The van der Waals surface area contributed by atoms with Crippen molar-refractivity contribution in [1.82, 2.24) is 0 Å². The van der Waals surface area contributed by atoms with Crippen molar-refractivity contribution >= 4 is 10.2 Å². The molecule has 0 aromatic heterocycles. The van der Waals surface area contributed by atoms with Crippen LogP contribution in [0.25, 0.3) is 0 Å². The van der Waals surface area contributed by atoms with Gasteiger partial charge >= 0.3 is 10.2 Å². The molecule has 0 heterocycles. The molecule has 0 spiro atoms. The number of halogens is 1. The molecule has 0 unspecified atom stereocenters. The largest absolute Gasteiger partial charge is 0.493 e. The predicted molar refractivity (Wildman–Crippen MR) is 52.6 cm³/mol. The average molecular weight is 234 g/mol. The molecular weight excluding hydrogens is 223 g/mol. The van der Waals surface area contributed by atoms with Crippen LogP contribution in [0.5, 0.6) is 11.5 Å². The standard InChI is InChI=1S/C9H11FO4S/c1-6-4-7(13-2)8(14-3)5-9(6)15(10,11)12/h4-5H,1-3H3. The molecule has 4 nitrogen and oxygen atoms in total. The summed E-state index contributed by atoms with van der Waals surface area (Å²) in [4.78, 5) is -0.403. The average Bonchev–Trinajstić information content (AvgIpc) is 2.15. The minimum atomic E-state index is -4.73. The molecule has 0 bridgehead atoms. The summed E-state index contributed by atoms with van der Waals surface area (Å²) in [6.07, 6.45) is 0. The zero-order valence-corrected chi connectivity index (χ0v) is 9.39. The van der Waals surface area contributed by atoms with Gasteiger partial charge in [0.1, 0.15) is 4.90 Å². The van der Waals surface area contributed by atoms with E-state index in [1.54, 1.807) is 0 Å². The summed E-state index contributed by atoms with van der Waals surface area (Å²) in [6.45, 7) is 1.48. The van der Waals surface area contributed by atoms with Crippen LogP contribution in [0.1, 0.15) is 5.56 Å². The summed E-state index contributed by atoms with van der Waals surface area (Å²) in [5.74, 6) is 0.543. The highest BCUT2D eigenvalue weighted by Crippen LogP contribution is 2.32. The van der Waals surface area contributed by atoms with Gasteiger partial charge in [0.25, 0.3) is 0 Å². The Labute approximate surface area is 87.8 Å². The lowest BCUT2D eigenvalue weighted by Crippen LogP contribution is -1.99. The molecule has 6 heteroatoms. The Hall–Kier alpha value is -1.30. The van der Waals surface area contributed by atoms with E-state index in [1.807, 2.05) is 0 Å². The van der Waals surface area contributed by atoms with E-state index in [2.05, 4.69) is 0 Å². The van der Waals surface area contributed by atoms with Gasteiger partial charge in [0, 0.05) is 6.07 Å². The molecule has 0 saturated carbocycles. The van der Waals surface area contributed by atoms with E-state index in [-0.39, 0.29) is 11.3 Å². The molecule has 84 valence electrons. The van der Waals surface area contributed by atoms with Gasteiger partial charge in [0.15, 0.2) is 11.5 Å². The van der Waals surface area contributed by atoms with Crippen LogP contribution in [0.4, 0.5) is 3.89 Å². The first-order valence-electron chi connectivity index (χ1n) is 4.07. The van der Waals surface area contributed by atoms with Gasteiger partial charge < -0.3 is 9.47 Å². The molecule has 0 saturated heterocycles. The van der Waals surface area contributed by atoms with E-state index in [1.165, 1.54) is 27.2 Å². The third-order valence-corrected chi connectivity index (χ3v) is 2.91. The van der Waals surface area contributed by atoms with Crippen LogP contribution >= 0.6 is 0 Å². The molecule has 0 aliphatic carbocycles. The molecule has 0 atom stereocenters. The van der Waals surface area contributed by atoms with Gasteiger partial charge in [0.2, 0.25) is 0 Å². The molecule has 0 aliphatic heterocycles. The SMILES string of the molecule is COc1cc(C)c(S(=O)(=O)F)cc1OC. The van der Waals surface area contributed by atoms with Crippen LogP contribution in [0.3, 0.4) is 0 Å². The number of ether oxygens (including phenoxy) is 2. The van der Waals surface area contributed by atoms with E-state index in [9.17, 15) is 12.3 Å². The number of methoxy groups -OCH3 is 2. The number of hydrogen-bond donors (Lipinski definition) is 0. The van der Waals surface area contributed by atoms with Gasteiger partial charge in [-0.25, -0.2) is 0 Å². The van der Waals surface area contributed by atoms with Crippen LogP contribution in [0.15, 0.2) is 17.0 Å². The molecule has 1 aromatic rings. The molecule has 0 aliphatic rings. The van der Waals surface area contributed by atoms with Crippen molar-refractivity contribution < 1.29 is 21.8 Å². The second kappa shape index (κ2) is 4.06. The van der Waals surface area contributed by atoms with Crippen molar-refractivity contribution in [3.63, 3.8) is 0 Å². The maximum atomic E-state index is 12.8. The lowest BCUT2D eigenvalue weighted by molar-refractivity contribution is 0.353. The maximum Gasteiger partial charge on any atom is 0.332 e. The summed E-state index contributed by atoms with van der Waals surface area (Å²) in [5, 5.41) is 0. The molecule has 0 amide bonds. The molecule has 0 N–H and O–H groups in total. The summed E-state index contributed by atoms with van der Waals surface area (Å²) < 4.78 is 44.1. The number of rotatable bonds is 3. The summed E-state index contributed by atoms with van der Waals surface area (Å²) in [7, 11) is -1.96. The fraction of sp³-hybridized carbons (Fsp3) is 0.333. The quantitative estimate of drug-likeness (QED) is 0.746. The van der Waals surface area contributed by atoms with Gasteiger partial charge in [0.05, 0.1) is 14.2 Å². The van der Waals surface area contributed by atoms with E-state index in [0.717, 1.165) is 6.07 Å². The topological polar surface area (TPSA) is 52.6 Å². The zero-order valence-electron chi connectivity index (χ0n) is 8.57. The van der Waals surface area contributed by atoms with Crippen molar-refractivity contribution in [2.24, 2.45) is 0 Å². The summed E-state index contributed by atoms with van der Waals surface area (Å²) in [6, 6.07) is 2.51. The minimum absolute atomic E-state index is 0.180. The Morgan fingerprint density at radius 2 is 1.60 bits per heavy atom. The van der Waals surface area contributed by atoms with Gasteiger partial charge in [-0.05, 0) is 18.6 Å². The lowest BCUT2D eigenvalue weighted by Gasteiger charge is -2.10. The Kier molecular flexibility index (Phi) is 3.18. The van der Waals surface area contributed by atoms with E-state index in [4.69, 9.17) is 9.47 Å². The summed E-state index contributed by atoms with van der Waals surface area (Å²) >= 11 is 0. The van der Waals surface area contributed by atoms with E-state index in [0.29, 0.717) is 5.75 Å². The smallest absolute Gasteiger partial charge is 0.332 e. The highest BCUT2D eigenvalue weighted by Gasteiger charge is 2.18. The molecule has 0 fully saturated rings. The molecule has 15 heavy (non-hydrogen) atoms. The third-order valence-electron chi connectivity index (χ3n) is 1.94. The van der Waals surface area contributed by atoms with E-state index >= 15 is 0 Å². The monoisotopic (exact) mass is 234 g/mol. The van der Waals surface area contributed by atoms with Gasteiger partial charge in [-0.2, -0.15) is 8.42 Å². The predicted octanol–water partition coefficient (Wildman–Crippen LogP) is 1.67. The van der Waals surface area contributed by atoms with Crippen molar-refractivity contribution in [2.45, 2.75) is 11.8 Å². The Balaban J connectivity index is 3.46. The lowest BCUT2D eigenvalue weighted by atomic mass is 10.2. The molecular formula is C9H11FO4S. The zero-order chi connectivity index (χ0) is 11.6. The van der Waals surface area contributed by atoms with Crippen molar-refractivity contribution in [3.05, 3.63) is 17.7 Å². The highest BCUT2D eigenvalue weighted by atomic mass is 32.3. The van der Waals surface area contributed by atoms with Crippen LogP contribution in [0, 0.1) is 6.92 Å². The van der Waals surface area contributed by atoms with E-state index < -0.39 is 15.1 Å². The normalized spacial score (nSPS) is 11.2. The molecule has 1 rings (SSSR count). The molecule has 1 aromatic carbocycles. The summed E-state index contributed by atoms with van der Waals surface area (Å²) in [5.41, 5.74) is 0.273. The fourth-order valence-corrected chi connectivity index (χ4v) is 1.92. The Bertz CT molecular complexity index is 467. The second-order valence-corrected chi connectivity index (χ2v) is 4.23. The Morgan fingerprint density at radius 3 is 2.00 bits per heavy atom. The van der Waals surface area contributed by atoms with Gasteiger partial charge in [-0.1, -0.05) is 0 Å². The highest BCUT2D eigenvalue weighted by molar-refractivity contribution is 7.86. The van der Waals surface area contributed by atoms with Crippen LogP contribution < -0.4 is 9.47 Å². The first kappa shape index (κ1) is 11.8. The second-order valence-electron chi connectivity index (χ2n) is 2.91. The van der Waals surface area contributed by atoms with Gasteiger partial charge in [-0.15, -0.1) is 3.89 Å².